The number of carbonyl (C=O) groups is 2. The number of anilines is 2. The van der Waals surface area contributed by atoms with E-state index in [0.29, 0.717) is 38.3 Å². The van der Waals surface area contributed by atoms with Gasteiger partial charge in [0.05, 0.1) is 37.4 Å². The number of hydrogen-bond donors (Lipinski definition) is 1. The summed E-state index contributed by atoms with van der Waals surface area (Å²) in [5.41, 5.74) is -0.296. The summed E-state index contributed by atoms with van der Waals surface area (Å²) in [5.74, 6) is 0.287. The lowest BCUT2D eigenvalue weighted by Gasteiger charge is -2.32. The molecule has 190 valence electrons. The molecule has 0 aromatic carbocycles. The predicted molar refractivity (Wildman–Crippen MR) is 125 cm³/mol. The maximum atomic E-state index is 12.1. The van der Waals surface area contributed by atoms with Gasteiger partial charge in [-0.3, -0.25) is 14.9 Å². The number of rotatable bonds is 11. The monoisotopic (exact) mass is 490 g/mol. The molecule has 13 heteroatoms. The molecule has 3 heterocycles. The highest BCUT2D eigenvalue weighted by molar-refractivity contribution is 5.73. The molecule has 0 radical (unpaired) electrons. The van der Waals surface area contributed by atoms with E-state index in [1.54, 1.807) is 35.8 Å². The third-order valence-electron chi connectivity index (χ3n) is 5.46. The Morgan fingerprint density at radius 3 is 2.63 bits per heavy atom. The number of nitro groups is 1. The highest BCUT2D eigenvalue weighted by Gasteiger charge is 2.31. The van der Waals surface area contributed by atoms with Crippen molar-refractivity contribution in [2.45, 2.75) is 45.7 Å². The predicted octanol–water partition coefficient (Wildman–Crippen LogP) is 2.97. The fourth-order valence-electron chi connectivity index (χ4n) is 3.80. The normalized spacial score (nSPS) is 13.8. The first-order valence-electron chi connectivity index (χ1n) is 11.5. The Labute approximate surface area is 202 Å². The molecular formula is C22H30N6O7. The van der Waals surface area contributed by atoms with Crippen LogP contribution in [-0.4, -0.2) is 70.7 Å². The van der Waals surface area contributed by atoms with E-state index in [9.17, 15) is 19.7 Å². The van der Waals surface area contributed by atoms with Crippen LogP contribution in [0.3, 0.4) is 0 Å². The number of nitrogens with one attached hydrogen (secondary N) is 1. The van der Waals surface area contributed by atoms with E-state index in [-0.39, 0.29) is 55.6 Å². The smallest absolute Gasteiger partial charge is 0.409 e. The van der Waals surface area contributed by atoms with Gasteiger partial charge in [0.2, 0.25) is 11.6 Å². The highest BCUT2D eigenvalue weighted by atomic mass is 16.6. The van der Waals surface area contributed by atoms with E-state index in [1.807, 2.05) is 0 Å². The summed E-state index contributed by atoms with van der Waals surface area (Å²) in [7, 11) is 0. The number of likely N-dealkylation sites (tertiary alicyclic amines) is 1. The zero-order valence-corrected chi connectivity index (χ0v) is 19.8. The number of aromatic nitrogens is 2. The van der Waals surface area contributed by atoms with Crippen molar-refractivity contribution in [2.75, 3.05) is 43.1 Å². The molecule has 1 fully saturated rings. The molecule has 0 bridgehead atoms. The van der Waals surface area contributed by atoms with E-state index in [2.05, 4.69) is 15.3 Å². The van der Waals surface area contributed by atoms with Gasteiger partial charge in [-0.25, -0.2) is 14.8 Å². The molecule has 1 N–H and O–H groups in total. The molecule has 2 aromatic rings. The quantitative estimate of drug-likeness (QED) is 0.281. The van der Waals surface area contributed by atoms with Crippen molar-refractivity contribution in [2.24, 2.45) is 0 Å². The number of furan rings is 1. The lowest BCUT2D eigenvalue weighted by atomic mass is 10.1. The zero-order chi connectivity index (χ0) is 25.2. The molecule has 0 spiro atoms. The van der Waals surface area contributed by atoms with Crippen LogP contribution < -0.4 is 10.2 Å². The van der Waals surface area contributed by atoms with Crippen molar-refractivity contribution < 1.29 is 28.4 Å². The molecule has 0 unspecified atom stereocenters. The minimum absolute atomic E-state index is 0.0186. The minimum atomic E-state index is -0.537. The van der Waals surface area contributed by atoms with Crippen LogP contribution in [0.15, 0.2) is 29.1 Å². The second kappa shape index (κ2) is 12.5. The van der Waals surface area contributed by atoms with E-state index < -0.39 is 10.9 Å². The molecule has 1 amide bonds. The first-order chi connectivity index (χ1) is 16.9. The fraction of sp³-hybridized carbons (Fsp3) is 0.545. The van der Waals surface area contributed by atoms with Crippen LogP contribution in [0, 0.1) is 10.1 Å². The summed E-state index contributed by atoms with van der Waals surface area (Å²) in [6, 6.07) is 3.32. The summed E-state index contributed by atoms with van der Waals surface area (Å²) in [6.07, 6.45) is 3.56. The van der Waals surface area contributed by atoms with Crippen molar-refractivity contribution in [1.29, 1.82) is 0 Å². The Hall–Kier alpha value is -3.90. The molecule has 0 atom stereocenters. The summed E-state index contributed by atoms with van der Waals surface area (Å²) < 4.78 is 15.4. The van der Waals surface area contributed by atoms with Crippen molar-refractivity contribution in [1.82, 2.24) is 14.9 Å². The number of amides is 1. The Morgan fingerprint density at radius 1 is 1.26 bits per heavy atom. The molecule has 0 saturated carbocycles. The first-order valence-corrected chi connectivity index (χ1v) is 11.5. The molecule has 35 heavy (non-hydrogen) atoms. The number of ether oxygens (including phenoxy) is 2. The van der Waals surface area contributed by atoms with Crippen LogP contribution in [-0.2, 0) is 20.8 Å². The summed E-state index contributed by atoms with van der Waals surface area (Å²) in [4.78, 5) is 47.0. The van der Waals surface area contributed by atoms with Gasteiger partial charge >= 0.3 is 17.7 Å². The molecule has 1 aliphatic rings. The van der Waals surface area contributed by atoms with E-state index in [4.69, 9.17) is 13.9 Å². The standard InChI is InChI=1S/C22H30N6O7/c1-3-33-18(29)9-12-27(14-17-6-5-13-35-17)21-19(28(31)32)20(23-15-24-21)25-16-7-10-26(11-8-16)22(30)34-4-2/h5-6,13,15-16H,3-4,7-12,14H2,1-2H3,(H,23,24,25). The Morgan fingerprint density at radius 2 is 2.00 bits per heavy atom. The molecule has 1 aliphatic heterocycles. The zero-order valence-electron chi connectivity index (χ0n) is 19.8. The minimum Gasteiger partial charge on any atom is -0.467 e. The molecular weight excluding hydrogens is 460 g/mol. The molecule has 2 aromatic heterocycles. The fourth-order valence-corrected chi connectivity index (χ4v) is 3.80. The van der Waals surface area contributed by atoms with Gasteiger partial charge in [-0.2, -0.15) is 0 Å². The second-order valence-electron chi connectivity index (χ2n) is 7.81. The van der Waals surface area contributed by atoms with Gasteiger partial charge in [0.25, 0.3) is 0 Å². The molecule has 0 aliphatic carbocycles. The van der Waals surface area contributed by atoms with Crippen molar-refractivity contribution in [3.05, 3.63) is 40.6 Å². The van der Waals surface area contributed by atoms with Crippen molar-refractivity contribution in [3.63, 3.8) is 0 Å². The molecule has 13 nitrogen and oxygen atoms in total. The Bertz CT molecular complexity index is 992. The summed E-state index contributed by atoms with van der Waals surface area (Å²) >= 11 is 0. The van der Waals surface area contributed by atoms with Gasteiger partial charge < -0.3 is 29.0 Å². The van der Waals surface area contributed by atoms with E-state index >= 15 is 0 Å². The van der Waals surface area contributed by atoms with Crippen LogP contribution in [0.4, 0.5) is 22.1 Å². The third kappa shape index (κ3) is 7.04. The third-order valence-corrected chi connectivity index (χ3v) is 5.46. The number of esters is 1. The average Bonchev–Trinajstić information content (AvgIpc) is 3.35. The maximum Gasteiger partial charge on any atom is 0.409 e. The molecule has 3 rings (SSSR count). The average molecular weight is 491 g/mol. The Kier molecular flexibility index (Phi) is 9.21. The van der Waals surface area contributed by atoms with Gasteiger partial charge in [-0.15, -0.1) is 0 Å². The van der Waals surface area contributed by atoms with E-state index in [0.717, 1.165) is 0 Å². The van der Waals surface area contributed by atoms with Gasteiger partial charge in [-0.1, -0.05) is 0 Å². The Balaban J connectivity index is 1.80. The summed E-state index contributed by atoms with van der Waals surface area (Å²) in [5, 5.41) is 15.3. The number of carbonyl (C=O) groups excluding carboxylic acids is 2. The lowest BCUT2D eigenvalue weighted by molar-refractivity contribution is -0.383. The van der Waals surface area contributed by atoms with Crippen LogP contribution in [0.2, 0.25) is 0 Å². The maximum absolute atomic E-state index is 12.1. The van der Waals surface area contributed by atoms with E-state index in [1.165, 1.54) is 12.6 Å². The van der Waals surface area contributed by atoms with Gasteiger partial charge in [0.1, 0.15) is 12.1 Å². The van der Waals surface area contributed by atoms with Gasteiger partial charge in [0.15, 0.2) is 0 Å². The van der Waals surface area contributed by atoms with Crippen LogP contribution in [0.25, 0.3) is 0 Å². The largest absolute Gasteiger partial charge is 0.467 e. The highest BCUT2D eigenvalue weighted by Crippen LogP contribution is 2.34. The van der Waals surface area contributed by atoms with Crippen LogP contribution >= 0.6 is 0 Å². The first kappa shape index (κ1) is 25.7. The van der Waals surface area contributed by atoms with Gasteiger partial charge in [0, 0.05) is 25.7 Å². The number of nitrogens with zero attached hydrogens (tertiary/aromatic N) is 5. The van der Waals surface area contributed by atoms with Gasteiger partial charge in [-0.05, 0) is 38.8 Å². The van der Waals surface area contributed by atoms with Crippen molar-refractivity contribution >= 4 is 29.4 Å². The van der Waals surface area contributed by atoms with Crippen LogP contribution in [0.1, 0.15) is 38.9 Å². The number of piperidine rings is 1. The second-order valence-corrected chi connectivity index (χ2v) is 7.81. The lowest BCUT2D eigenvalue weighted by Crippen LogP contribution is -2.42. The summed E-state index contributed by atoms with van der Waals surface area (Å²) in [6.45, 7) is 5.24. The number of hydrogen-bond acceptors (Lipinski definition) is 11. The molecule has 1 saturated heterocycles. The SMILES string of the molecule is CCOC(=O)CCN(Cc1ccco1)c1ncnc(NC2CCN(C(=O)OCC)CC2)c1[N+](=O)[O-]. The van der Waals surface area contributed by atoms with Crippen LogP contribution in [0.5, 0.6) is 0 Å². The topological polar surface area (TPSA) is 153 Å². The van der Waals surface area contributed by atoms with Crippen molar-refractivity contribution in [3.8, 4) is 0 Å².